The Morgan fingerprint density at radius 2 is 2.00 bits per heavy atom. The van der Waals surface area contributed by atoms with Gasteiger partial charge in [0.25, 0.3) is 5.95 Å². The first-order chi connectivity index (χ1) is 8.07. The lowest BCUT2D eigenvalue weighted by Gasteiger charge is -2.12. The minimum atomic E-state index is -4.37. The third-order valence-electron chi connectivity index (χ3n) is 2.11. The molecule has 0 atom stereocenters. The summed E-state index contributed by atoms with van der Waals surface area (Å²) in [6.07, 6.45) is -4.37. The summed E-state index contributed by atoms with van der Waals surface area (Å²) in [6, 6.07) is 5.33. The van der Waals surface area contributed by atoms with Crippen molar-refractivity contribution in [3.05, 3.63) is 35.4 Å². The summed E-state index contributed by atoms with van der Waals surface area (Å²) in [4.78, 5) is 0. The summed E-state index contributed by atoms with van der Waals surface area (Å²) in [7, 11) is 0. The standard InChI is InChI=1S/C9H8F3N5/c10-9(11,12)7-4-2-1-3-6(7)5-13-8-14-16-17-15-8/h1-4H,5H2,(H2,13,14,15,16,17). The number of aromatic amines is 1. The van der Waals surface area contributed by atoms with Crippen LogP contribution in [-0.2, 0) is 12.7 Å². The van der Waals surface area contributed by atoms with Gasteiger partial charge in [0.2, 0.25) is 0 Å². The molecule has 0 saturated heterocycles. The van der Waals surface area contributed by atoms with E-state index in [1.807, 2.05) is 0 Å². The Hall–Kier alpha value is -2.12. The number of alkyl halides is 3. The van der Waals surface area contributed by atoms with Crippen LogP contribution in [0.15, 0.2) is 24.3 Å². The number of anilines is 1. The molecule has 0 unspecified atom stereocenters. The van der Waals surface area contributed by atoms with Crippen molar-refractivity contribution in [1.82, 2.24) is 20.6 Å². The first-order valence-electron chi connectivity index (χ1n) is 4.70. The second kappa shape index (κ2) is 4.40. The van der Waals surface area contributed by atoms with E-state index in [9.17, 15) is 13.2 Å². The largest absolute Gasteiger partial charge is 0.416 e. The number of rotatable bonds is 3. The summed E-state index contributed by atoms with van der Waals surface area (Å²) in [5.41, 5.74) is -0.541. The molecular weight excluding hydrogens is 235 g/mol. The summed E-state index contributed by atoms with van der Waals surface area (Å²) >= 11 is 0. The quantitative estimate of drug-likeness (QED) is 0.863. The normalized spacial score (nSPS) is 11.5. The average Bonchev–Trinajstić information content (AvgIpc) is 2.78. The van der Waals surface area contributed by atoms with Crippen molar-refractivity contribution in [3.8, 4) is 0 Å². The van der Waals surface area contributed by atoms with Crippen LogP contribution < -0.4 is 5.32 Å². The van der Waals surface area contributed by atoms with Gasteiger partial charge in [-0.2, -0.15) is 18.4 Å². The zero-order valence-electron chi connectivity index (χ0n) is 8.49. The highest BCUT2D eigenvalue weighted by molar-refractivity contribution is 5.33. The Kier molecular flexibility index (Phi) is 2.94. The molecule has 0 radical (unpaired) electrons. The molecule has 0 aliphatic heterocycles. The van der Waals surface area contributed by atoms with Gasteiger partial charge < -0.3 is 5.32 Å². The van der Waals surface area contributed by atoms with Crippen molar-refractivity contribution in [2.24, 2.45) is 0 Å². The van der Waals surface area contributed by atoms with E-state index in [4.69, 9.17) is 0 Å². The first kappa shape index (κ1) is 11.4. The molecule has 2 N–H and O–H groups in total. The van der Waals surface area contributed by atoms with Crippen molar-refractivity contribution in [2.45, 2.75) is 12.7 Å². The molecule has 1 heterocycles. The number of hydrogen-bond acceptors (Lipinski definition) is 4. The molecule has 0 saturated carbocycles. The first-order valence-corrected chi connectivity index (χ1v) is 4.70. The maximum Gasteiger partial charge on any atom is 0.416 e. The molecule has 2 rings (SSSR count). The summed E-state index contributed by atoms with van der Waals surface area (Å²) < 4.78 is 37.9. The van der Waals surface area contributed by atoms with Crippen molar-refractivity contribution in [1.29, 1.82) is 0 Å². The molecule has 5 nitrogen and oxygen atoms in total. The highest BCUT2D eigenvalue weighted by Gasteiger charge is 2.32. The number of nitrogens with one attached hydrogen (secondary N) is 2. The summed E-state index contributed by atoms with van der Waals surface area (Å²) in [6.45, 7) is -0.0186. The van der Waals surface area contributed by atoms with Crippen LogP contribution in [0.2, 0.25) is 0 Å². The number of nitrogens with zero attached hydrogens (tertiary/aromatic N) is 3. The van der Waals surface area contributed by atoms with Gasteiger partial charge in [0.15, 0.2) is 0 Å². The van der Waals surface area contributed by atoms with Gasteiger partial charge in [-0.25, -0.2) is 0 Å². The third-order valence-corrected chi connectivity index (χ3v) is 2.11. The maximum absolute atomic E-state index is 12.6. The molecule has 1 aromatic carbocycles. The fraction of sp³-hybridized carbons (Fsp3) is 0.222. The molecular formula is C9H8F3N5. The fourth-order valence-corrected chi connectivity index (χ4v) is 1.36. The van der Waals surface area contributed by atoms with E-state index >= 15 is 0 Å². The van der Waals surface area contributed by atoms with E-state index in [0.29, 0.717) is 0 Å². The Bertz CT molecular complexity index is 480. The summed E-state index contributed by atoms with van der Waals surface area (Å²) in [5, 5.41) is 15.3. The van der Waals surface area contributed by atoms with Gasteiger partial charge in [0.05, 0.1) is 5.56 Å². The molecule has 0 aliphatic rings. The van der Waals surface area contributed by atoms with Crippen LogP contribution in [0, 0.1) is 0 Å². The molecule has 0 fully saturated rings. The van der Waals surface area contributed by atoms with E-state index in [1.54, 1.807) is 6.07 Å². The van der Waals surface area contributed by atoms with E-state index < -0.39 is 11.7 Å². The molecule has 0 spiro atoms. The number of hydrogen-bond donors (Lipinski definition) is 2. The third kappa shape index (κ3) is 2.71. The van der Waals surface area contributed by atoms with Crippen LogP contribution in [0.1, 0.15) is 11.1 Å². The van der Waals surface area contributed by atoms with Gasteiger partial charge >= 0.3 is 6.18 Å². The molecule has 8 heteroatoms. The van der Waals surface area contributed by atoms with Gasteiger partial charge in [-0.05, 0) is 16.8 Å². The minimum absolute atomic E-state index is 0.0186. The van der Waals surface area contributed by atoms with Gasteiger partial charge in [0.1, 0.15) is 0 Å². The number of halogens is 3. The topological polar surface area (TPSA) is 66.5 Å². The zero-order valence-corrected chi connectivity index (χ0v) is 8.49. The second-order valence-corrected chi connectivity index (χ2v) is 3.24. The van der Waals surface area contributed by atoms with E-state index in [1.165, 1.54) is 12.1 Å². The average molecular weight is 243 g/mol. The highest BCUT2D eigenvalue weighted by Crippen LogP contribution is 2.31. The minimum Gasteiger partial charge on any atom is -0.348 e. The van der Waals surface area contributed by atoms with Gasteiger partial charge in [-0.1, -0.05) is 23.3 Å². The Labute approximate surface area is 94.0 Å². The SMILES string of the molecule is FC(F)(F)c1ccccc1CNc1nn[nH]n1. The molecule has 2 aromatic rings. The van der Waals surface area contributed by atoms with E-state index in [2.05, 4.69) is 25.9 Å². The van der Waals surface area contributed by atoms with Gasteiger partial charge in [-0.3, -0.25) is 0 Å². The number of H-pyrrole nitrogens is 1. The molecule has 17 heavy (non-hydrogen) atoms. The van der Waals surface area contributed by atoms with Crippen LogP contribution in [0.25, 0.3) is 0 Å². The van der Waals surface area contributed by atoms with Crippen molar-refractivity contribution in [2.75, 3.05) is 5.32 Å². The monoisotopic (exact) mass is 243 g/mol. The van der Waals surface area contributed by atoms with Gasteiger partial charge in [0, 0.05) is 6.54 Å². The lowest BCUT2D eigenvalue weighted by Crippen LogP contribution is -2.12. The highest BCUT2D eigenvalue weighted by atomic mass is 19.4. The Morgan fingerprint density at radius 1 is 1.24 bits per heavy atom. The maximum atomic E-state index is 12.6. The van der Waals surface area contributed by atoms with E-state index in [-0.39, 0.29) is 18.1 Å². The van der Waals surface area contributed by atoms with Crippen LogP contribution >= 0.6 is 0 Å². The number of tetrazole rings is 1. The Morgan fingerprint density at radius 3 is 2.65 bits per heavy atom. The molecule has 0 aliphatic carbocycles. The smallest absolute Gasteiger partial charge is 0.348 e. The Balaban J connectivity index is 2.16. The molecule has 1 aromatic heterocycles. The van der Waals surface area contributed by atoms with Crippen LogP contribution in [0.4, 0.5) is 19.1 Å². The summed E-state index contributed by atoms with van der Waals surface area (Å²) in [5.74, 6) is 0.155. The second-order valence-electron chi connectivity index (χ2n) is 3.24. The van der Waals surface area contributed by atoms with Gasteiger partial charge in [-0.15, -0.1) is 5.10 Å². The lowest BCUT2D eigenvalue weighted by molar-refractivity contribution is -0.138. The zero-order chi connectivity index (χ0) is 12.3. The number of benzene rings is 1. The van der Waals surface area contributed by atoms with E-state index in [0.717, 1.165) is 6.07 Å². The molecule has 0 bridgehead atoms. The van der Waals surface area contributed by atoms with Crippen LogP contribution in [-0.4, -0.2) is 20.6 Å². The molecule has 90 valence electrons. The lowest BCUT2D eigenvalue weighted by atomic mass is 10.1. The van der Waals surface area contributed by atoms with Crippen molar-refractivity contribution >= 4 is 5.95 Å². The van der Waals surface area contributed by atoms with Crippen LogP contribution in [0.5, 0.6) is 0 Å². The predicted molar refractivity (Wildman–Crippen MR) is 52.9 cm³/mol. The predicted octanol–water partition coefficient (Wildman–Crippen LogP) is 1.83. The number of aromatic nitrogens is 4. The fourth-order valence-electron chi connectivity index (χ4n) is 1.36. The van der Waals surface area contributed by atoms with Crippen molar-refractivity contribution in [3.63, 3.8) is 0 Å². The molecule has 0 amide bonds. The van der Waals surface area contributed by atoms with Crippen LogP contribution in [0.3, 0.4) is 0 Å². The van der Waals surface area contributed by atoms with Crippen molar-refractivity contribution < 1.29 is 13.2 Å².